The fraction of sp³-hybridized carbons (Fsp3) is 0.278. The highest BCUT2D eigenvalue weighted by Crippen LogP contribution is 2.19. The average Bonchev–Trinajstić information content (AvgIpc) is 2.61. The number of ether oxygens (including phenoxy) is 1. The molecule has 4 nitrogen and oxygen atoms in total. The molecule has 0 spiro atoms. The van der Waals surface area contributed by atoms with Crippen LogP contribution < -0.4 is 15.4 Å². The van der Waals surface area contributed by atoms with E-state index in [1.54, 1.807) is 18.2 Å². The van der Waals surface area contributed by atoms with Crippen LogP contribution in [0.1, 0.15) is 11.1 Å². The molecule has 0 aliphatic carbocycles. The summed E-state index contributed by atoms with van der Waals surface area (Å²) in [6.45, 7) is -2.48. The molecule has 0 aromatic heterocycles. The molecule has 0 fully saturated rings. The first-order valence-electron chi connectivity index (χ1n) is 7.91. The van der Waals surface area contributed by atoms with Gasteiger partial charge in [-0.15, -0.1) is 24.0 Å². The van der Waals surface area contributed by atoms with Crippen molar-refractivity contribution in [1.82, 2.24) is 10.6 Å². The van der Waals surface area contributed by atoms with Crippen LogP contribution in [0.25, 0.3) is 0 Å². The Morgan fingerprint density at radius 1 is 1.04 bits per heavy atom. The molecule has 0 amide bonds. The fourth-order valence-corrected chi connectivity index (χ4v) is 2.34. The molecule has 0 aliphatic rings. The maximum atomic E-state index is 13.6. The summed E-state index contributed by atoms with van der Waals surface area (Å²) in [5.74, 6) is -0.770. The van der Waals surface area contributed by atoms with E-state index >= 15 is 0 Å². The van der Waals surface area contributed by atoms with Crippen molar-refractivity contribution in [3.63, 3.8) is 0 Å². The Morgan fingerprint density at radius 2 is 1.70 bits per heavy atom. The summed E-state index contributed by atoms with van der Waals surface area (Å²) >= 11 is 0. The van der Waals surface area contributed by atoms with Gasteiger partial charge in [0.25, 0.3) is 0 Å². The first-order valence-corrected chi connectivity index (χ1v) is 7.91. The van der Waals surface area contributed by atoms with Crippen LogP contribution >= 0.6 is 24.0 Å². The van der Waals surface area contributed by atoms with E-state index in [4.69, 9.17) is 0 Å². The van der Waals surface area contributed by atoms with Gasteiger partial charge in [0, 0.05) is 31.3 Å². The number of nitrogens with zero attached hydrogens (tertiary/aromatic N) is 1. The van der Waals surface area contributed by atoms with E-state index in [-0.39, 0.29) is 54.8 Å². The highest BCUT2D eigenvalue weighted by atomic mass is 127. The lowest BCUT2D eigenvalue weighted by atomic mass is 10.1. The molecule has 0 radical (unpaired) electrons. The van der Waals surface area contributed by atoms with Crippen molar-refractivity contribution in [2.45, 2.75) is 19.6 Å². The third-order valence-corrected chi connectivity index (χ3v) is 3.59. The van der Waals surface area contributed by atoms with Crippen LogP contribution in [0.15, 0.2) is 47.5 Å². The number of rotatable bonds is 7. The van der Waals surface area contributed by atoms with Gasteiger partial charge in [-0.1, -0.05) is 24.3 Å². The van der Waals surface area contributed by atoms with E-state index in [0.717, 1.165) is 0 Å². The molecule has 27 heavy (non-hydrogen) atoms. The molecule has 148 valence electrons. The molecule has 9 heteroatoms. The summed E-state index contributed by atoms with van der Waals surface area (Å²) in [6, 6.07) is 10.1. The van der Waals surface area contributed by atoms with Gasteiger partial charge in [-0.2, -0.15) is 8.78 Å². The van der Waals surface area contributed by atoms with Crippen LogP contribution in [0.4, 0.5) is 17.6 Å². The topological polar surface area (TPSA) is 45.7 Å². The van der Waals surface area contributed by atoms with E-state index in [0.29, 0.717) is 11.5 Å². The molecule has 2 rings (SSSR count). The number of guanidine groups is 1. The normalized spacial score (nSPS) is 11.1. The van der Waals surface area contributed by atoms with Gasteiger partial charge in [-0.3, -0.25) is 4.99 Å². The van der Waals surface area contributed by atoms with Gasteiger partial charge in [0.15, 0.2) is 5.96 Å². The highest BCUT2D eigenvalue weighted by molar-refractivity contribution is 14.0. The summed E-state index contributed by atoms with van der Waals surface area (Å²) in [6.07, 6.45) is 0.129. The number of para-hydroxylation sites is 1. The minimum Gasteiger partial charge on any atom is -0.434 e. The molecule has 0 bridgehead atoms. The second-order valence-electron chi connectivity index (χ2n) is 5.29. The SMILES string of the molecule is CN=C(NCCc1c(F)cccc1F)NCc1ccccc1OC(F)F.I. The molecule has 2 N–H and O–H groups in total. The smallest absolute Gasteiger partial charge is 0.387 e. The lowest BCUT2D eigenvalue weighted by Crippen LogP contribution is -2.38. The van der Waals surface area contributed by atoms with Crippen LogP contribution in [0, 0.1) is 11.6 Å². The number of nitrogens with one attached hydrogen (secondary N) is 2. The molecular weight excluding hydrogens is 477 g/mol. The second kappa shape index (κ2) is 11.6. The predicted octanol–water partition coefficient (Wildman–Crippen LogP) is 4.09. The van der Waals surface area contributed by atoms with Crippen LogP contribution in [0.5, 0.6) is 5.75 Å². The van der Waals surface area contributed by atoms with Gasteiger partial charge in [0.1, 0.15) is 17.4 Å². The monoisotopic (exact) mass is 497 g/mol. The Bertz CT molecular complexity index is 739. The molecule has 2 aromatic rings. The maximum Gasteiger partial charge on any atom is 0.387 e. The Morgan fingerprint density at radius 3 is 2.33 bits per heavy atom. The zero-order valence-electron chi connectivity index (χ0n) is 14.5. The lowest BCUT2D eigenvalue weighted by Gasteiger charge is -2.14. The first-order chi connectivity index (χ1) is 12.5. The van der Waals surface area contributed by atoms with Crippen LogP contribution in [-0.4, -0.2) is 26.2 Å². The van der Waals surface area contributed by atoms with Crippen LogP contribution in [0.2, 0.25) is 0 Å². The average molecular weight is 497 g/mol. The number of benzene rings is 2. The molecule has 0 saturated heterocycles. The molecule has 2 aromatic carbocycles. The van der Waals surface area contributed by atoms with Gasteiger partial charge < -0.3 is 15.4 Å². The van der Waals surface area contributed by atoms with Gasteiger partial charge in [0.2, 0.25) is 0 Å². The van der Waals surface area contributed by atoms with Crippen molar-refractivity contribution < 1.29 is 22.3 Å². The van der Waals surface area contributed by atoms with Crippen molar-refractivity contribution in [2.75, 3.05) is 13.6 Å². The summed E-state index contributed by atoms with van der Waals surface area (Å²) in [7, 11) is 1.53. The predicted molar refractivity (Wildman–Crippen MR) is 107 cm³/mol. The molecule has 0 aliphatic heterocycles. The minimum atomic E-state index is -2.91. The van der Waals surface area contributed by atoms with E-state index in [2.05, 4.69) is 20.4 Å². The molecular formula is C18H20F4IN3O. The van der Waals surface area contributed by atoms with E-state index in [9.17, 15) is 17.6 Å². The first kappa shape index (κ1) is 23.0. The summed E-state index contributed by atoms with van der Waals surface area (Å²) in [4.78, 5) is 3.99. The Balaban J connectivity index is 0.00000364. The van der Waals surface area contributed by atoms with Gasteiger partial charge in [-0.05, 0) is 24.6 Å². The van der Waals surface area contributed by atoms with E-state index < -0.39 is 18.2 Å². The minimum absolute atomic E-state index is 0. The van der Waals surface area contributed by atoms with Crippen LogP contribution in [0.3, 0.4) is 0 Å². The van der Waals surface area contributed by atoms with E-state index in [1.807, 2.05) is 0 Å². The largest absolute Gasteiger partial charge is 0.434 e. The van der Waals surface area contributed by atoms with Crippen molar-refractivity contribution in [3.05, 3.63) is 65.2 Å². The Labute approximate surface area is 172 Å². The lowest BCUT2D eigenvalue weighted by molar-refractivity contribution is -0.0504. The maximum absolute atomic E-state index is 13.6. The number of hydrogen-bond donors (Lipinski definition) is 2. The quantitative estimate of drug-likeness (QED) is 0.262. The molecule has 0 atom stereocenters. The number of hydrogen-bond acceptors (Lipinski definition) is 2. The van der Waals surface area contributed by atoms with Crippen molar-refractivity contribution >= 4 is 29.9 Å². The fourth-order valence-electron chi connectivity index (χ4n) is 2.34. The van der Waals surface area contributed by atoms with Crippen molar-refractivity contribution in [3.8, 4) is 5.75 Å². The number of halogens is 5. The zero-order chi connectivity index (χ0) is 18.9. The third kappa shape index (κ3) is 7.24. The Hall–Kier alpha value is -2.04. The standard InChI is InChI=1S/C18H19F4N3O.HI/c1-23-18(24-10-9-13-14(19)6-4-7-15(13)20)25-11-12-5-2-3-8-16(12)26-17(21)22;/h2-8,17H,9-11H2,1H3,(H2,23,24,25);1H. The summed E-state index contributed by atoms with van der Waals surface area (Å²) in [5, 5.41) is 5.86. The van der Waals surface area contributed by atoms with E-state index in [1.165, 1.54) is 31.3 Å². The second-order valence-corrected chi connectivity index (χ2v) is 5.29. The summed E-state index contributed by atoms with van der Waals surface area (Å²) in [5.41, 5.74) is 0.516. The van der Waals surface area contributed by atoms with Gasteiger partial charge in [0.05, 0.1) is 0 Å². The van der Waals surface area contributed by atoms with Crippen molar-refractivity contribution in [2.24, 2.45) is 4.99 Å². The number of alkyl halides is 2. The number of aliphatic imine (C=N–C) groups is 1. The zero-order valence-corrected chi connectivity index (χ0v) is 16.8. The van der Waals surface area contributed by atoms with Gasteiger partial charge >= 0.3 is 6.61 Å². The highest BCUT2D eigenvalue weighted by Gasteiger charge is 2.10. The molecule has 0 heterocycles. The Kier molecular flexibility index (Phi) is 9.90. The summed E-state index contributed by atoms with van der Waals surface area (Å²) < 4.78 is 56.5. The molecule has 0 unspecified atom stereocenters. The van der Waals surface area contributed by atoms with Crippen LogP contribution in [-0.2, 0) is 13.0 Å². The van der Waals surface area contributed by atoms with Crippen molar-refractivity contribution in [1.29, 1.82) is 0 Å². The van der Waals surface area contributed by atoms with Gasteiger partial charge in [-0.25, -0.2) is 8.78 Å². The third-order valence-electron chi connectivity index (χ3n) is 3.59. The molecule has 0 saturated carbocycles.